The maximum atomic E-state index is 12.1. The van der Waals surface area contributed by atoms with E-state index in [1.54, 1.807) is 25.3 Å². The molecule has 5 nitrogen and oxygen atoms in total. The minimum Gasteiger partial charge on any atom is -0.493 e. The van der Waals surface area contributed by atoms with Crippen LogP contribution in [0.4, 0.5) is 5.69 Å². The fourth-order valence-electron chi connectivity index (χ4n) is 1.48. The van der Waals surface area contributed by atoms with Crippen LogP contribution in [0.3, 0.4) is 0 Å². The lowest BCUT2D eigenvalue weighted by Gasteiger charge is -2.14. The fourth-order valence-corrected chi connectivity index (χ4v) is 1.48. The number of hydrogen-bond donors (Lipinski definition) is 2. The number of nitrogens with two attached hydrogens (primary N) is 1. The maximum Gasteiger partial charge on any atom is 0.257 e. The van der Waals surface area contributed by atoms with Crippen molar-refractivity contribution >= 4 is 11.6 Å². The number of nitrogens with one attached hydrogen (secondary N) is 1. The van der Waals surface area contributed by atoms with Crippen LogP contribution in [-0.4, -0.2) is 32.3 Å². The number of methoxy groups -OCH3 is 1. The number of anilines is 1. The average Bonchev–Trinajstić information content (AvgIpc) is 2.36. The summed E-state index contributed by atoms with van der Waals surface area (Å²) in [6.45, 7) is 4.64. The third-order valence-corrected chi connectivity index (χ3v) is 2.54. The van der Waals surface area contributed by atoms with Crippen LogP contribution < -0.4 is 15.8 Å². The van der Waals surface area contributed by atoms with Crippen LogP contribution in [0, 0.1) is 0 Å². The van der Waals surface area contributed by atoms with Crippen molar-refractivity contribution in [3.05, 3.63) is 23.8 Å². The normalized spacial score (nSPS) is 11.9. The lowest BCUT2D eigenvalue weighted by atomic mass is 10.1. The Morgan fingerprint density at radius 3 is 2.83 bits per heavy atom. The van der Waals surface area contributed by atoms with Crippen molar-refractivity contribution in [3.8, 4) is 5.75 Å². The monoisotopic (exact) mass is 252 g/mol. The van der Waals surface area contributed by atoms with Crippen LogP contribution in [0.15, 0.2) is 18.2 Å². The van der Waals surface area contributed by atoms with E-state index in [4.69, 9.17) is 15.2 Å². The second-order valence-electron chi connectivity index (χ2n) is 3.91. The summed E-state index contributed by atoms with van der Waals surface area (Å²) in [5.41, 5.74) is 6.60. The Kier molecular flexibility index (Phi) is 5.45. The molecule has 0 aromatic heterocycles. The van der Waals surface area contributed by atoms with Gasteiger partial charge < -0.3 is 20.5 Å². The number of carbonyl (C=O) groups excluding carboxylic acids is 1. The molecular weight excluding hydrogens is 232 g/mol. The first kappa shape index (κ1) is 14.3. The molecule has 100 valence electrons. The largest absolute Gasteiger partial charge is 0.493 e. The molecule has 1 aromatic rings. The first-order chi connectivity index (χ1) is 8.60. The van der Waals surface area contributed by atoms with Crippen LogP contribution in [0.1, 0.15) is 24.2 Å². The van der Waals surface area contributed by atoms with Crippen molar-refractivity contribution in [1.29, 1.82) is 0 Å². The molecule has 1 rings (SSSR count). The van der Waals surface area contributed by atoms with Gasteiger partial charge >= 0.3 is 0 Å². The summed E-state index contributed by atoms with van der Waals surface area (Å²) in [5, 5.41) is 2.77. The number of ether oxygens (including phenoxy) is 2. The van der Waals surface area contributed by atoms with E-state index >= 15 is 0 Å². The molecule has 0 fully saturated rings. The van der Waals surface area contributed by atoms with Gasteiger partial charge in [0.15, 0.2) is 0 Å². The first-order valence-corrected chi connectivity index (χ1v) is 5.92. The predicted octanol–water partition coefficient (Wildman–Crippen LogP) is 1.43. The molecular formula is C13H20N2O3. The van der Waals surface area contributed by atoms with Crippen molar-refractivity contribution in [2.24, 2.45) is 0 Å². The third kappa shape index (κ3) is 3.63. The highest BCUT2D eigenvalue weighted by Crippen LogP contribution is 2.24. The van der Waals surface area contributed by atoms with Crippen molar-refractivity contribution in [2.75, 3.05) is 26.0 Å². The smallest absolute Gasteiger partial charge is 0.257 e. The summed E-state index contributed by atoms with van der Waals surface area (Å²) >= 11 is 0. The zero-order valence-electron chi connectivity index (χ0n) is 11.0. The Labute approximate surface area is 107 Å². The van der Waals surface area contributed by atoms with Gasteiger partial charge in [0.2, 0.25) is 0 Å². The highest BCUT2D eigenvalue weighted by Gasteiger charge is 2.16. The third-order valence-electron chi connectivity index (χ3n) is 2.54. The Balaban J connectivity index is 2.83. The fraction of sp³-hybridized carbons (Fsp3) is 0.462. The van der Waals surface area contributed by atoms with Gasteiger partial charge in [-0.25, -0.2) is 0 Å². The molecule has 0 spiro atoms. The van der Waals surface area contributed by atoms with E-state index in [-0.39, 0.29) is 12.0 Å². The van der Waals surface area contributed by atoms with E-state index in [9.17, 15) is 4.79 Å². The molecule has 0 aliphatic carbocycles. The summed E-state index contributed by atoms with van der Waals surface area (Å²) in [5.74, 6) is 0.250. The van der Waals surface area contributed by atoms with Gasteiger partial charge in [0.1, 0.15) is 11.3 Å². The second kappa shape index (κ2) is 6.86. The van der Waals surface area contributed by atoms with Crippen LogP contribution in [-0.2, 0) is 4.74 Å². The number of rotatable bonds is 6. The summed E-state index contributed by atoms with van der Waals surface area (Å²) in [6, 6.07) is 5.17. The van der Waals surface area contributed by atoms with E-state index in [2.05, 4.69) is 5.32 Å². The summed E-state index contributed by atoms with van der Waals surface area (Å²) < 4.78 is 10.5. The summed E-state index contributed by atoms with van der Waals surface area (Å²) in [4.78, 5) is 12.1. The molecule has 0 radical (unpaired) electrons. The number of benzene rings is 1. The van der Waals surface area contributed by atoms with Gasteiger partial charge in [-0.05, 0) is 26.0 Å². The maximum absolute atomic E-state index is 12.1. The number of hydrogen-bond acceptors (Lipinski definition) is 4. The van der Waals surface area contributed by atoms with Crippen LogP contribution >= 0.6 is 0 Å². The molecule has 0 bridgehead atoms. The highest BCUT2D eigenvalue weighted by atomic mass is 16.5. The van der Waals surface area contributed by atoms with Gasteiger partial charge in [0.25, 0.3) is 5.91 Å². The Bertz CT molecular complexity index is 407. The zero-order valence-corrected chi connectivity index (χ0v) is 11.0. The van der Waals surface area contributed by atoms with Gasteiger partial charge in [-0.1, -0.05) is 6.07 Å². The van der Waals surface area contributed by atoms with Crippen molar-refractivity contribution < 1.29 is 14.3 Å². The lowest BCUT2D eigenvalue weighted by Crippen LogP contribution is -2.32. The van der Waals surface area contributed by atoms with Gasteiger partial charge in [-0.3, -0.25) is 4.79 Å². The summed E-state index contributed by atoms with van der Waals surface area (Å²) in [7, 11) is 1.60. The minimum absolute atomic E-state index is 0.0468. The van der Waals surface area contributed by atoms with Gasteiger partial charge in [0.05, 0.1) is 12.7 Å². The van der Waals surface area contributed by atoms with Crippen LogP contribution in [0.25, 0.3) is 0 Å². The number of nitrogen functional groups attached to an aromatic ring is 1. The van der Waals surface area contributed by atoms with E-state index in [1.807, 2.05) is 13.8 Å². The second-order valence-corrected chi connectivity index (χ2v) is 3.91. The number of amides is 1. The molecule has 0 heterocycles. The van der Waals surface area contributed by atoms with Crippen molar-refractivity contribution in [2.45, 2.75) is 20.0 Å². The molecule has 0 aliphatic heterocycles. The molecule has 1 amide bonds. The molecule has 18 heavy (non-hydrogen) atoms. The van der Waals surface area contributed by atoms with Gasteiger partial charge in [0, 0.05) is 19.3 Å². The van der Waals surface area contributed by atoms with Crippen molar-refractivity contribution in [3.63, 3.8) is 0 Å². The minimum atomic E-state index is -0.250. The van der Waals surface area contributed by atoms with E-state index in [0.29, 0.717) is 30.2 Å². The molecule has 1 atom stereocenters. The van der Waals surface area contributed by atoms with Crippen LogP contribution in [0.2, 0.25) is 0 Å². The molecule has 1 unspecified atom stereocenters. The van der Waals surface area contributed by atoms with E-state index in [0.717, 1.165) is 0 Å². The zero-order chi connectivity index (χ0) is 13.5. The predicted molar refractivity (Wildman–Crippen MR) is 70.8 cm³/mol. The Morgan fingerprint density at radius 1 is 1.50 bits per heavy atom. The SMILES string of the molecule is CCOc1cccc(N)c1C(=O)NCC(C)OC. The quantitative estimate of drug-likeness (QED) is 0.751. The molecule has 1 aromatic carbocycles. The lowest BCUT2D eigenvalue weighted by molar-refractivity contribution is 0.0868. The van der Waals surface area contributed by atoms with Gasteiger partial charge in [-0.2, -0.15) is 0 Å². The molecule has 5 heteroatoms. The molecule has 3 N–H and O–H groups in total. The molecule has 0 aliphatic rings. The Hall–Kier alpha value is -1.75. The average molecular weight is 252 g/mol. The number of carbonyl (C=O) groups is 1. The van der Waals surface area contributed by atoms with Gasteiger partial charge in [-0.15, -0.1) is 0 Å². The molecule has 0 saturated carbocycles. The Morgan fingerprint density at radius 2 is 2.22 bits per heavy atom. The van der Waals surface area contributed by atoms with E-state index in [1.165, 1.54) is 0 Å². The van der Waals surface area contributed by atoms with Crippen molar-refractivity contribution in [1.82, 2.24) is 5.32 Å². The van der Waals surface area contributed by atoms with Crippen LogP contribution in [0.5, 0.6) is 5.75 Å². The standard InChI is InChI=1S/C13H20N2O3/c1-4-18-11-7-5-6-10(14)12(11)13(16)15-8-9(2)17-3/h5-7,9H,4,8,14H2,1-3H3,(H,15,16). The molecule has 0 saturated heterocycles. The van der Waals surface area contributed by atoms with E-state index < -0.39 is 0 Å². The first-order valence-electron chi connectivity index (χ1n) is 5.92. The summed E-state index contributed by atoms with van der Waals surface area (Å²) in [6.07, 6.45) is -0.0468. The topological polar surface area (TPSA) is 73.6 Å². The highest BCUT2D eigenvalue weighted by molar-refractivity contribution is 6.01.